The Morgan fingerprint density at radius 3 is 2.64 bits per heavy atom. The van der Waals surface area contributed by atoms with Gasteiger partial charge in [-0.05, 0) is 35.9 Å². The molecule has 0 N–H and O–H groups in total. The second kappa shape index (κ2) is 8.94. The molecule has 1 aliphatic heterocycles. The van der Waals surface area contributed by atoms with Gasteiger partial charge >= 0.3 is 5.97 Å². The molecule has 1 amide bonds. The normalized spacial score (nSPS) is 12.5. The number of ether oxygens (including phenoxy) is 4. The quantitative estimate of drug-likeness (QED) is 0.564. The lowest BCUT2D eigenvalue weighted by Gasteiger charge is -2.20. The van der Waals surface area contributed by atoms with E-state index in [4.69, 9.17) is 18.9 Å². The number of hydrogen-bond donors (Lipinski definition) is 0. The first-order chi connectivity index (χ1) is 13.6. The minimum absolute atomic E-state index is 0.325. The van der Waals surface area contributed by atoms with Crippen LogP contribution in [0, 0.1) is 0 Å². The van der Waals surface area contributed by atoms with Crippen LogP contribution in [0.2, 0.25) is 0 Å². The Hall–Kier alpha value is -3.48. The van der Waals surface area contributed by atoms with Gasteiger partial charge in [-0.25, -0.2) is 4.79 Å². The molecule has 0 unspecified atom stereocenters. The highest BCUT2D eigenvalue weighted by molar-refractivity contribution is 5.96. The third-order valence-corrected chi connectivity index (χ3v) is 4.12. The molecule has 0 bridgehead atoms. The van der Waals surface area contributed by atoms with Gasteiger partial charge in [0.05, 0.1) is 7.11 Å². The van der Waals surface area contributed by atoms with Crippen molar-refractivity contribution in [2.24, 2.45) is 0 Å². The van der Waals surface area contributed by atoms with Gasteiger partial charge in [-0.3, -0.25) is 4.79 Å². The molecule has 7 heteroatoms. The number of likely N-dealkylation sites (N-methyl/N-ethyl adjacent to an activating group) is 1. The Labute approximate surface area is 163 Å². The topological polar surface area (TPSA) is 74.3 Å². The fraction of sp³-hybridized carbons (Fsp3) is 0.238. The number of carbonyl (C=O) groups excluding carboxylic acids is 2. The molecule has 3 rings (SSSR count). The predicted molar refractivity (Wildman–Crippen MR) is 104 cm³/mol. The summed E-state index contributed by atoms with van der Waals surface area (Å²) in [5.41, 5.74) is 1.41. The molecule has 0 radical (unpaired) electrons. The van der Waals surface area contributed by atoms with Gasteiger partial charge in [0.2, 0.25) is 5.75 Å². The van der Waals surface area contributed by atoms with Crippen LogP contribution in [-0.4, -0.2) is 45.9 Å². The zero-order valence-corrected chi connectivity index (χ0v) is 15.7. The van der Waals surface area contributed by atoms with Crippen molar-refractivity contribution in [1.29, 1.82) is 0 Å². The number of anilines is 1. The smallest absolute Gasteiger partial charge is 0.331 e. The van der Waals surface area contributed by atoms with E-state index in [1.807, 2.05) is 18.2 Å². The van der Waals surface area contributed by atoms with E-state index in [1.165, 1.54) is 18.1 Å². The van der Waals surface area contributed by atoms with E-state index >= 15 is 0 Å². The fourth-order valence-corrected chi connectivity index (χ4v) is 2.63. The van der Waals surface area contributed by atoms with Crippen LogP contribution in [0.5, 0.6) is 17.2 Å². The first-order valence-electron chi connectivity index (χ1n) is 8.72. The molecule has 7 nitrogen and oxygen atoms in total. The average molecular weight is 383 g/mol. The molecular weight excluding hydrogens is 362 g/mol. The maximum absolute atomic E-state index is 12.1. The standard InChI is InChI=1S/C21H21NO6/c1-22(16-6-4-3-5-7-16)19(23)14-28-20(24)9-8-15-12-17(25-2)21-18(13-15)26-10-11-27-21/h3-9,12-13H,10-11,14H2,1-2H3/b9-8+. The van der Waals surface area contributed by atoms with Crippen molar-refractivity contribution in [3.05, 3.63) is 54.1 Å². The summed E-state index contributed by atoms with van der Waals surface area (Å²) < 4.78 is 21.4. The summed E-state index contributed by atoms with van der Waals surface area (Å²) in [5.74, 6) is 0.670. The summed E-state index contributed by atoms with van der Waals surface area (Å²) in [7, 11) is 3.16. The van der Waals surface area contributed by atoms with Crippen LogP contribution < -0.4 is 19.1 Å². The molecule has 2 aromatic carbocycles. The molecule has 0 saturated heterocycles. The van der Waals surface area contributed by atoms with E-state index in [0.29, 0.717) is 36.0 Å². The number of fused-ring (bicyclic) bond motifs is 1. The molecule has 146 valence electrons. The largest absolute Gasteiger partial charge is 0.493 e. The maximum Gasteiger partial charge on any atom is 0.331 e. The number of amides is 1. The Kier molecular flexibility index (Phi) is 6.16. The number of rotatable bonds is 6. The van der Waals surface area contributed by atoms with Crippen molar-refractivity contribution in [3.63, 3.8) is 0 Å². The minimum atomic E-state index is -0.622. The lowest BCUT2D eigenvalue weighted by molar-refractivity contribution is -0.142. The molecule has 0 spiro atoms. The van der Waals surface area contributed by atoms with Crippen molar-refractivity contribution >= 4 is 23.6 Å². The number of nitrogens with zero attached hydrogens (tertiary/aromatic N) is 1. The molecule has 1 aliphatic rings. The van der Waals surface area contributed by atoms with Crippen LogP contribution >= 0.6 is 0 Å². The number of hydrogen-bond acceptors (Lipinski definition) is 6. The Balaban J connectivity index is 1.59. The molecule has 2 aromatic rings. The van der Waals surface area contributed by atoms with Gasteiger partial charge in [-0.15, -0.1) is 0 Å². The summed E-state index contributed by atoms with van der Waals surface area (Å²) >= 11 is 0. The van der Waals surface area contributed by atoms with Gasteiger partial charge in [-0.2, -0.15) is 0 Å². The van der Waals surface area contributed by atoms with Crippen LogP contribution in [-0.2, 0) is 14.3 Å². The molecule has 28 heavy (non-hydrogen) atoms. The number of carbonyl (C=O) groups is 2. The molecule has 0 aliphatic carbocycles. The average Bonchev–Trinajstić information content (AvgIpc) is 2.75. The second-order valence-corrected chi connectivity index (χ2v) is 5.98. The van der Waals surface area contributed by atoms with E-state index in [0.717, 1.165) is 5.69 Å². The highest BCUT2D eigenvalue weighted by atomic mass is 16.6. The van der Waals surface area contributed by atoms with E-state index in [-0.39, 0.29) is 12.5 Å². The highest BCUT2D eigenvalue weighted by Gasteiger charge is 2.18. The first-order valence-corrected chi connectivity index (χ1v) is 8.72. The molecular formula is C21H21NO6. The second-order valence-electron chi connectivity index (χ2n) is 5.98. The summed E-state index contributed by atoms with van der Waals surface area (Å²) in [5, 5.41) is 0. The van der Waals surface area contributed by atoms with Crippen LogP contribution in [0.15, 0.2) is 48.5 Å². The zero-order chi connectivity index (χ0) is 19.9. The third-order valence-electron chi connectivity index (χ3n) is 4.12. The zero-order valence-electron chi connectivity index (χ0n) is 15.7. The van der Waals surface area contributed by atoms with Crippen molar-refractivity contribution in [2.75, 3.05) is 38.9 Å². The van der Waals surface area contributed by atoms with Gasteiger partial charge in [0.15, 0.2) is 18.1 Å². The lowest BCUT2D eigenvalue weighted by Crippen LogP contribution is -2.30. The minimum Gasteiger partial charge on any atom is -0.493 e. The van der Waals surface area contributed by atoms with E-state index < -0.39 is 5.97 Å². The Morgan fingerprint density at radius 2 is 1.89 bits per heavy atom. The number of methoxy groups -OCH3 is 1. The third kappa shape index (κ3) is 4.62. The maximum atomic E-state index is 12.1. The van der Waals surface area contributed by atoms with Crippen LogP contribution in [0.25, 0.3) is 6.08 Å². The molecule has 1 heterocycles. The van der Waals surface area contributed by atoms with Crippen LogP contribution in [0.4, 0.5) is 5.69 Å². The highest BCUT2D eigenvalue weighted by Crippen LogP contribution is 2.40. The molecule has 0 saturated carbocycles. The van der Waals surface area contributed by atoms with Crippen LogP contribution in [0.3, 0.4) is 0 Å². The van der Waals surface area contributed by atoms with Crippen molar-refractivity contribution in [1.82, 2.24) is 0 Å². The number of esters is 1. The van der Waals surface area contributed by atoms with E-state index in [2.05, 4.69) is 0 Å². The Bertz CT molecular complexity index is 861. The van der Waals surface area contributed by atoms with Gasteiger partial charge in [0, 0.05) is 18.8 Å². The van der Waals surface area contributed by atoms with Crippen molar-refractivity contribution < 1.29 is 28.5 Å². The monoisotopic (exact) mass is 383 g/mol. The van der Waals surface area contributed by atoms with E-state index in [9.17, 15) is 9.59 Å². The predicted octanol–water partition coefficient (Wildman–Crippen LogP) is 2.69. The van der Waals surface area contributed by atoms with Crippen LogP contribution in [0.1, 0.15) is 5.56 Å². The lowest BCUT2D eigenvalue weighted by atomic mass is 10.1. The first kappa shape index (κ1) is 19.3. The van der Waals surface area contributed by atoms with E-state index in [1.54, 1.807) is 37.4 Å². The molecule has 0 fully saturated rings. The van der Waals surface area contributed by atoms with Crippen molar-refractivity contribution in [2.45, 2.75) is 0 Å². The summed E-state index contributed by atoms with van der Waals surface area (Å²) in [4.78, 5) is 25.5. The van der Waals surface area contributed by atoms with Gasteiger partial charge in [0.25, 0.3) is 5.91 Å². The molecule has 0 atom stereocenters. The van der Waals surface area contributed by atoms with Gasteiger partial charge < -0.3 is 23.8 Å². The van der Waals surface area contributed by atoms with Crippen molar-refractivity contribution in [3.8, 4) is 17.2 Å². The molecule has 0 aromatic heterocycles. The summed E-state index contributed by atoms with van der Waals surface area (Å²) in [6.07, 6.45) is 2.81. The number of para-hydroxylation sites is 1. The fourth-order valence-electron chi connectivity index (χ4n) is 2.63. The summed E-state index contributed by atoms with van der Waals surface area (Å²) in [6, 6.07) is 12.6. The SMILES string of the molecule is COc1cc(/C=C/C(=O)OCC(=O)N(C)c2ccccc2)cc2c1OCCO2. The summed E-state index contributed by atoms with van der Waals surface area (Å²) in [6.45, 7) is 0.553. The van der Waals surface area contributed by atoms with Gasteiger partial charge in [0.1, 0.15) is 13.2 Å². The number of benzene rings is 2. The van der Waals surface area contributed by atoms with Gasteiger partial charge in [-0.1, -0.05) is 18.2 Å². The Morgan fingerprint density at radius 1 is 1.14 bits per heavy atom.